The molecule has 0 bridgehead atoms. The minimum Gasteiger partial charge on any atom is -0.497 e. The van der Waals surface area contributed by atoms with Gasteiger partial charge in [0.1, 0.15) is 11.5 Å². The molecule has 2 N–H and O–H groups in total. The van der Waals surface area contributed by atoms with Crippen molar-refractivity contribution >= 4 is 12.0 Å². The molecule has 1 aliphatic rings. The van der Waals surface area contributed by atoms with Gasteiger partial charge in [-0.2, -0.15) is 0 Å². The van der Waals surface area contributed by atoms with E-state index in [2.05, 4.69) is 10.6 Å². The molecule has 0 saturated heterocycles. The largest absolute Gasteiger partial charge is 0.497 e. The van der Waals surface area contributed by atoms with Gasteiger partial charge in [-0.1, -0.05) is 13.3 Å². The summed E-state index contributed by atoms with van der Waals surface area (Å²) in [6.45, 7) is 3.98. The second-order valence-electron chi connectivity index (χ2n) is 5.50. The van der Waals surface area contributed by atoms with E-state index in [0.717, 1.165) is 6.42 Å². The van der Waals surface area contributed by atoms with Gasteiger partial charge in [0, 0.05) is 17.3 Å². The van der Waals surface area contributed by atoms with Gasteiger partial charge in [-0.25, -0.2) is 9.59 Å². The Balaban J connectivity index is 2.57. The lowest BCUT2D eigenvalue weighted by Gasteiger charge is -2.30. The third kappa shape index (κ3) is 4.04. The van der Waals surface area contributed by atoms with E-state index < -0.39 is 12.0 Å². The number of carbonyl (C=O) groups excluding carboxylic acids is 2. The zero-order chi connectivity index (χ0) is 18.4. The van der Waals surface area contributed by atoms with Crippen LogP contribution in [0.25, 0.3) is 0 Å². The summed E-state index contributed by atoms with van der Waals surface area (Å²) in [6.07, 6.45) is 1.35. The minimum absolute atomic E-state index is 0.252. The Hall–Kier alpha value is -2.70. The number of hydrogen-bond donors (Lipinski definition) is 2. The summed E-state index contributed by atoms with van der Waals surface area (Å²) < 4.78 is 15.9. The second-order valence-corrected chi connectivity index (χ2v) is 5.50. The fourth-order valence-corrected chi connectivity index (χ4v) is 2.81. The molecule has 0 radical (unpaired) electrons. The molecular weight excluding hydrogens is 324 g/mol. The van der Waals surface area contributed by atoms with E-state index in [9.17, 15) is 9.59 Å². The van der Waals surface area contributed by atoms with Gasteiger partial charge in [-0.3, -0.25) is 0 Å². The molecule has 1 aliphatic heterocycles. The molecule has 1 aromatic carbocycles. The summed E-state index contributed by atoms with van der Waals surface area (Å²) in [5.74, 6) is 0.682. The molecule has 1 aromatic rings. The van der Waals surface area contributed by atoms with Crippen LogP contribution in [0.15, 0.2) is 29.5 Å². The topological polar surface area (TPSA) is 85.9 Å². The fourth-order valence-electron chi connectivity index (χ4n) is 2.81. The summed E-state index contributed by atoms with van der Waals surface area (Å²) in [5.41, 5.74) is 1.63. The van der Waals surface area contributed by atoms with Crippen LogP contribution >= 0.6 is 0 Å². The van der Waals surface area contributed by atoms with Crippen molar-refractivity contribution < 1.29 is 23.8 Å². The van der Waals surface area contributed by atoms with Gasteiger partial charge in [-0.15, -0.1) is 0 Å². The smallest absolute Gasteiger partial charge is 0.338 e. The highest BCUT2D eigenvalue weighted by Crippen LogP contribution is 2.36. The lowest BCUT2D eigenvalue weighted by Crippen LogP contribution is -2.46. The molecule has 0 spiro atoms. The van der Waals surface area contributed by atoms with Crippen LogP contribution in [0.3, 0.4) is 0 Å². The molecule has 1 atom stereocenters. The van der Waals surface area contributed by atoms with Gasteiger partial charge in [-0.05, 0) is 25.5 Å². The summed E-state index contributed by atoms with van der Waals surface area (Å²) in [6, 6.07) is 4.23. The fraction of sp³-hybridized carbons (Fsp3) is 0.444. The molecule has 7 heteroatoms. The van der Waals surface area contributed by atoms with Crippen LogP contribution in [-0.2, 0) is 9.53 Å². The van der Waals surface area contributed by atoms with E-state index >= 15 is 0 Å². The molecule has 0 aliphatic carbocycles. The number of esters is 1. The van der Waals surface area contributed by atoms with Gasteiger partial charge in [0.25, 0.3) is 0 Å². The summed E-state index contributed by atoms with van der Waals surface area (Å²) >= 11 is 0. The first-order valence-electron chi connectivity index (χ1n) is 8.25. The average Bonchev–Trinajstić information content (AvgIpc) is 2.61. The predicted octanol–water partition coefficient (Wildman–Crippen LogP) is 2.67. The Labute approximate surface area is 147 Å². The van der Waals surface area contributed by atoms with Crippen LogP contribution in [0.4, 0.5) is 4.79 Å². The van der Waals surface area contributed by atoms with Gasteiger partial charge in [0.15, 0.2) is 0 Å². The number of nitrogens with one attached hydrogen (secondary N) is 2. The van der Waals surface area contributed by atoms with Crippen LogP contribution in [-0.4, -0.2) is 32.8 Å². The molecule has 25 heavy (non-hydrogen) atoms. The molecule has 136 valence electrons. The lowest BCUT2D eigenvalue weighted by atomic mass is 9.93. The van der Waals surface area contributed by atoms with Crippen molar-refractivity contribution in [2.24, 2.45) is 0 Å². The number of allylic oxidation sites excluding steroid dienone is 1. The number of benzene rings is 1. The lowest BCUT2D eigenvalue weighted by molar-refractivity contribution is -0.139. The first kappa shape index (κ1) is 18.6. The Morgan fingerprint density at radius 3 is 2.56 bits per heavy atom. The molecular formula is C18H24N2O5. The number of amides is 2. The predicted molar refractivity (Wildman–Crippen MR) is 92.5 cm³/mol. The second kappa shape index (κ2) is 8.41. The van der Waals surface area contributed by atoms with Crippen molar-refractivity contribution in [2.45, 2.75) is 32.7 Å². The van der Waals surface area contributed by atoms with Crippen LogP contribution in [0.2, 0.25) is 0 Å². The van der Waals surface area contributed by atoms with E-state index in [0.29, 0.717) is 34.8 Å². The third-order valence-corrected chi connectivity index (χ3v) is 3.90. The summed E-state index contributed by atoms with van der Waals surface area (Å²) in [4.78, 5) is 24.7. The van der Waals surface area contributed by atoms with E-state index in [1.54, 1.807) is 32.2 Å². The molecule has 2 rings (SSSR count). The highest BCUT2D eigenvalue weighted by molar-refractivity contribution is 5.95. The number of hydrogen-bond acceptors (Lipinski definition) is 5. The van der Waals surface area contributed by atoms with Crippen molar-refractivity contribution in [3.8, 4) is 11.5 Å². The molecule has 1 heterocycles. The van der Waals surface area contributed by atoms with Crippen LogP contribution < -0.4 is 20.1 Å². The van der Waals surface area contributed by atoms with Crippen molar-refractivity contribution in [2.75, 3.05) is 20.8 Å². The highest BCUT2D eigenvalue weighted by Gasteiger charge is 2.34. The number of urea groups is 1. The maximum absolute atomic E-state index is 12.6. The van der Waals surface area contributed by atoms with E-state index in [1.165, 1.54) is 7.11 Å². The minimum atomic E-state index is -0.657. The Morgan fingerprint density at radius 1 is 1.20 bits per heavy atom. The van der Waals surface area contributed by atoms with Crippen molar-refractivity contribution in [1.82, 2.24) is 10.6 Å². The SMILES string of the molecule is CCCC1=C(C(=O)OCC)[C@@H](c2ccc(OC)cc2OC)NC(=O)N1. The van der Waals surface area contributed by atoms with Gasteiger partial charge in [0.2, 0.25) is 0 Å². The van der Waals surface area contributed by atoms with E-state index in [4.69, 9.17) is 14.2 Å². The van der Waals surface area contributed by atoms with E-state index in [-0.39, 0.29) is 12.6 Å². The summed E-state index contributed by atoms with van der Waals surface area (Å²) in [5, 5.41) is 5.52. The Kier molecular flexibility index (Phi) is 6.27. The molecule has 0 aromatic heterocycles. The molecule has 0 unspecified atom stereocenters. The van der Waals surface area contributed by atoms with E-state index in [1.807, 2.05) is 6.92 Å². The zero-order valence-electron chi connectivity index (χ0n) is 15.0. The van der Waals surface area contributed by atoms with Crippen molar-refractivity contribution in [3.63, 3.8) is 0 Å². The average molecular weight is 348 g/mol. The summed E-state index contributed by atoms with van der Waals surface area (Å²) in [7, 11) is 3.09. The first-order valence-corrected chi connectivity index (χ1v) is 8.25. The molecule has 0 fully saturated rings. The third-order valence-electron chi connectivity index (χ3n) is 3.90. The zero-order valence-corrected chi connectivity index (χ0v) is 15.0. The first-order chi connectivity index (χ1) is 12.0. The number of methoxy groups -OCH3 is 2. The standard InChI is InChI=1S/C18H24N2O5/c1-5-7-13-15(17(21)25-6-2)16(20-18(22)19-13)12-9-8-11(23-3)10-14(12)24-4/h8-10,16H,5-7H2,1-4H3,(H2,19,20,22)/t16-/m1/s1. The van der Waals surface area contributed by atoms with Crippen molar-refractivity contribution in [3.05, 3.63) is 35.0 Å². The van der Waals surface area contributed by atoms with Gasteiger partial charge < -0.3 is 24.8 Å². The number of ether oxygens (including phenoxy) is 3. The monoisotopic (exact) mass is 348 g/mol. The number of rotatable bonds is 7. The van der Waals surface area contributed by atoms with Crippen LogP contribution in [0, 0.1) is 0 Å². The quantitative estimate of drug-likeness (QED) is 0.740. The normalized spacial score (nSPS) is 16.8. The Bertz CT molecular complexity index is 684. The van der Waals surface area contributed by atoms with Crippen LogP contribution in [0.1, 0.15) is 38.3 Å². The maximum Gasteiger partial charge on any atom is 0.338 e. The van der Waals surface area contributed by atoms with Crippen LogP contribution in [0.5, 0.6) is 11.5 Å². The van der Waals surface area contributed by atoms with Gasteiger partial charge in [0.05, 0.1) is 32.4 Å². The Morgan fingerprint density at radius 2 is 1.96 bits per heavy atom. The molecule has 0 saturated carbocycles. The van der Waals surface area contributed by atoms with Gasteiger partial charge >= 0.3 is 12.0 Å². The highest BCUT2D eigenvalue weighted by atomic mass is 16.5. The van der Waals surface area contributed by atoms with Crippen molar-refractivity contribution in [1.29, 1.82) is 0 Å². The molecule has 7 nitrogen and oxygen atoms in total. The molecule has 2 amide bonds. The maximum atomic E-state index is 12.6. The number of carbonyl (C=O) groups is 2.